The first-order chi connectivity index (χ1) is 15.7. The van der Waals surface area contributed by atoms with Crippen LogP contribution >= 0.6 is 0 Å². The molecule has 0 radical (unpaired) electrons. The third-order valence-electron chi connectivity index (χ3n) is 5.04. The summed E-state index contributed by atoms with van der Waals surface area (Å²) in [7, 11) is -2.76. The SMILES string of the molecule is COCCOC(=O)C1=C(C)NC(N)=C(S(=O)(=O)c2ccccc2)C1c1cccc([N+](=O)[O-])c1. The molecule has 174 valence electrons. The van der Waals surface area contributed by atoms with Crippen LogP contribution in [0.5, 0.6) is 0 Å². The Morgan fingerprint density at radius 3 is 2.48 bits per heavy atom. The van der Waals surface area contributed by atoms with Crippen LogP contribution in [0, 0.1) is 10.1 Å². The van der Waals surface area contributed by atoms with Gasteiger partial charge in [-0.15, -0.1) is 0 Å². The zero-order chi connectivity index (χ0) is 24.2. The van der Waals surface area contributed by atoms with Crippen LogP contribution in [-0.2, 0) is 24.1 Å². The van der Waals surface area contributed by atoms with E-state index < -0.39 is 26.6 Å². The van der Waals surface area contributed by atoms with Crippen LogP contribution < -0.4 is 11.1 Å². The standard InChI is InChI=1S/C22H23N3O7S/c1-14-18(22(26)32-12-11-31-2)19(15-7-6-8-16(13-15)25(27)28)20(21(23)24-14)33(29,30)17-9-4-3-5-10-17/h3-10,13,19,24H,11-12,23H2,1-2H3. The quantitative estimate of drug-likeness (QED) is 0.255. The second-order valence-corrected chi connectivity index (χ2v) is 9.09. The molecule has 0 amide bonds. The summed E-state index contributed by atoms with van der Waals surface area (Å²) in [5.74, 6) is -2.20. The number of allylic oxidation sites excluding steroid dienone is 2. The fourth-order valence-electron chi connectivity index (χ4n) is 3.56. The minimum Gasteiger partial charge on any atom is -0.460 e. The number of esters is 1. The van der Waals surface area contributed by atoms with E-state index in [0.717, 1.165) is 0 Å². The molecule has 0 aromatic heterocycles. The van der Waals surface area contributed by atoms with Crippen molar-refractivity contribution in [2.45, 2.75) is 17.7 Å². The van der Waals surface area contributed by atoms with Crippen molar-refractivity contribution in [3.63, 3.8) is 0 Å². The van der Waals surface area contributed by atoms with Crippen molar-refractivity contribution >= 4 is 21.5 Å². The topological polar surface area (TPSA) is 151 Å². The smallest absolute Gasteiger partial charge is 0.336 e. The zero-order valence-electron chi connectivity index (χ0n) is 18.0. The number of ether oxygens (including phenoxy) is 2. The highest BCUT2D eigenvalue weighted by Gasteiger charge is 2.41. The van der Waals surface area contributed by atoms with E-state index >= 15 is 0 Å². The molecule has 1 aliphatic heterocycles. The van der Waals surface area contributed by atoms with Gasteiger partial charge in [-0.2, -0.15) is 0 Å². The molecule has 33 heavy (non-hydrogen) atoms. The molecular formula is C22H23N3O7S. The number of methoxy groups -OCH3 is 1. The lowest BCUT2D eigenvalue weighted by Gasteiger charge is -2.30. The molecule has 0 aliphatic carbocycles. The van der Waals surface area contributed by atoms with E-state index in [4.69, 9.17) is 15.2 Å². The van der Waals surface area contributed by atoms with Gasteiger partial charge in [0.25, 0.3) is 5.69 Å². The van der Waals surface area contributed by atoms with Gasteiger partial charge in [-0.1, -0.05) is 30.3 Å². The van der Waals surface area contributed by atoms with Crippen LogP contribution in [0.3, 0.4) is 0 Å². The van der Waals surface area contributed by atoms with Crippen molar-refractivity contribution in [2.75, 3.05) is 20.3 Å². The van der Waals surface area contributed by atoms with Crippen molar-refractivity contribution in [3.05, 3.63) is 92.3 Å². The van der Waals surface area contributed by atoms with Gasteiger partial charge in [-0.05, 0) is 24.6 Å². The molecule has 11 heteroatoms. The number of carbonyl (C=O) groups excluding carboxylic acids is 1. The number of carbonyl (C=O) groups is 1. The van der Waals surface area contributed by atoms with Gasteiger partial charge in [-0.3, -0.25) is 10.1 Å². The summed E-state index contributed by atoms with van der Waals surface area (Å²) in [6, 6.07) is 13.0. The number of dihydropyridines is 1. The highest BCUT2D eigenvalue weighted by molar-refractivity contribution is 7.95. The van der Waals surface area contributed by atoms with Crippen molar-refractivity contribution in [1.29, 1.82) is 0 Å². The van der Waals surface area contributed by atoms with E-state index in [-0.39, 0.29) is 51.4 Å². The lowest BCUT2D eigenvalue weighted by Crippen LogP contribution is -2.36. The normalized spacial score (nSPS) is 16.4. The summed E-state index contributed by atoms with van der Waals surface area (Å²) in [6.45, 7) is 1.63. The third kappa shape index (κ3) is 4.89. The molecule has 10 nitrogen and oxygen atoms in total. The number of nitrogens with two attached hydrogens (primary N) is 1. The van der Waals surface area contributed by atoms with Gasteiger partial charge < -0.3 is 20.5 Å². The second-order valence-electron chi connectivity index (χ2n) is 7.17. The molecule has 0 saturated carbocycles. The number of nitrogens with one attached hydrogen (secondary N) is 1. The molecule has 2 aromatic rings. The van der Waals surface area contributed by atoms with Gasteiger partial charge >= 0.3 is 5.97 Å². The minimum absolute atomic E-state index is 0.0182. The summed E-state index contributed by atoms with van der Waals surface area (Å²) >= 11 is 0. The number of rotatable bonds is 8. The molecule has 3 N–H and O–H groups in total. The van der Waals surface area contributed by atoms with E-state index in [2.05, 4.69) is 5.32 Å². The lowest BCUT2D eigenvalue weighted by molar-refractivity contribution is -0.384. The van der Waals surface area contributed by atoms with Crippen molar-refractivity contribution in [1.82, 2.24) is 5.32 Å². The first-order valence-corrected chi connectivity index (χ1v) is 11.3. The van der Waals surface area contributed by atoms with Crippen molar-refractivity contribution in [3.8, 4) is 0 Å². The van der Waals surface area contributed by atoms with Gasteiger partial charge in [0.1, 0.15) is 17.3 Å². The predicted octanol–water partition coefficient (Wildman–Crippen LogP) is 2.35. The number of nitro benzene ring substituents is 1. The Hall–Kier alpha value is -3.70. The van der Waals surface area contributed by atoms with Crippen LogP contribution in [0.25, 0.3) is 0 Å². The first kappa shape index (κ1) is 24.0. The maximum atomic E-state index is 13.6. The van der Waals surface area contributed by atoms with Crippen LogP contribution in [0.4, 0.5) is 5.69 Å². The predicted molar refractivity (Wildman–Crippen MR) is 119 cm³/mol. The Morgan fingerprint density at radius 2 is 1.85 bits per heavy atom. The second kappa shape index (κ2) is 9.84. The molecular weight excluding hydrogens is 450 g/mol. The zero-order valence-corrected chi connectivity index (χ0v) is 18.8. The van der Waals surface area contributed by atoms with Crippen molar-refractivity contribution in [2.24, 2.45) is 5.73 Å². The van der Waals surface area contributed by atoms with E-state index in [1.54, 1.807) is 25.1 Å². The molecule has 0 saturated heterocycles. The van der Waals surface area contributed by atoms with Crippen molar-refractivity contribution < 1.29 is 27.6 Å². The van der Waals surface area contributed by atoms with Crippen LogP contribution in [0.2, 0.25) is 0 Å². The lowest BCUT2D eigenvalue weighted by atomic mass is 9.87. The number of hydrogen-bond acceptors (Lipinski definition) is 9. The Bertz CT molecular complexity index is 1240. The number of hydrogen-bond donors (Lipinski definition) is 2. The van der Waals surface area contributed by atoms with E-state index in [0.29, 0.717) is 0 Å². The van der Waals surface area contributed by atoms with E-state index in [1.165, 1.54) is 43.5 Å². The molecule has 2 aromatic carbocycles. The molecule has 3 rings (SSSR count). The number of nitrogens with zero attached hydrogens (tertiary/aromatic N) is 1. The molecule has 0 spiro atoms. The van der Waals surface area contributed by atoms with Gasteiger partial charge in [0.15, 0.2) is 0 Å². The van der Waals surface area contributed by atoms with Gasteiger partial charge in [0.05, 0.1) is 27.9 Å². The average Bonchev–Trinajstić information content (AvgIpc) is 2.79. The monoisotopic (exact) mass is 473 g/mol. The molecule has 1 heterocycles. The Labute approximate surface area is 190 Å². The maximum absolute atomic E-state index is 13.6. The number of nitro groups is 1. The van der Waals surface area contributed by atoms with Gasteiger partial charge in [-0.25, -0.2) is 13.2 Å². The Balaban J connectivity index is 2.23. The number of benzene rings is 2. The van der Waals surface area contributed by atoms with Crippen LogP contribution in [0.15, 0.2) is 81.5 Å². The first-order valence-electron chi connectivity index (χ1n) is 9.86. The summed E-state index contributed by atoms with van der Waals surface area (Å²) in [6.07, 6.45) is 0. The number of sulfone groups is 1. The van der Waals surface area contributed by atoms with Gasteiger partial charge in [0.2, 0.25) is 9.84 Å². The molecule has 0 bridgehead atoms. The molecule has 1 unspecified atom stereocenters. The average molecular weight is 474 g/mol. The molecule has 1 atom stereocenters. The highest BCUT2D eigenvalue weighted by atomic mass is 32.2. The summed E-state index contributed by atoms with van der Waals surface area (Å²) < 4.78 is 37.4. The molecule has 1 aliphatic rings. The summed E-state index contributed by atoms with van der Waals surface area (Å²) in [5, 5.41) is 14.1. The Morgan fingerprint density at radius 1 is 1.15 bits per heavy atom. The highest BCUT2D eigenvalue weighted by Crippen LogP contribution is 2.43. The van der Waals surface area contributed by atoms with E-state index in [1.807, 2.05) is 0 Å². The minimum atomic E-state index is -4.20. The fourth-order valence-corrected chi connectivity index (χ4v) is 5.24. The summed E-state index contributed by atoms with van der Waals surface area (Å²) in [4.78, 5) is 23.5. The Kier molecular flexibility index (Phi) is 7.14. The maximum Gasteiger partial charge on any atom is 0.336 e. The fraction of sp³-hybridized carbons (Fsp3) is 0.227. The largest absolute Gasteiger partial charge is 0.460 e. The van der Waals surface area contributed by atoms with Gasteiger partial charge in [0, 0.05) is 24.9 Å². The third-order valence-corrected chi connectivity index (χ3v) is 6.97. The van der Waals surface area contributed by atoms with Crippen LogP contribution in [0.1, 0.15) is 18.4 Å². The molecule has 0 fully saturated rings. The summed E-state index contributed by atoms with van der Waals surface area (Å²) in [5.41, 5.74) is 6.36. The van der Waals surface area contributed by atoms with E-state index in [9.17, 15) is 23.3 Å². The number of non-ortho nitro benzene ring substituents is 1. The van der Waals surface area contributed by atoms with Crippen LogP contribution in [-0.4, -0.2) is 39.6 Å².